The Morgan fingerprint density at radius 1 is 1.09 bits per heavy atom. The lowest BCUT2D eigenvalue weighted by Gasteiger charge is -2.09. The van der Waals surface area contributed by atoms with Gasteiger partial charge in [0.1, 0.15) is 0 Å². The summed E-state index contributed by atoms with van der Waals surface area (Å²) in [7, 11) is -3.83. The molecule has 0 radical (unpaired) electrons. The van der Waals surface area contributed by atoms with E-state index in [1.165, 1.54) is 12.1 Å². The molecule has 0 aliphatic carbocycles. The largest absolute Gasteiger partial charge is 0.397 e. The molecule has 2 aromatic carbocycles. The molecular formula is C15H12Cl2N2O2S. The third-order valence-electron chi connectivity index (χ3n) is 3.44. The van der Waals surface area contributed by atoms with Crippen molar-refractivity contribution in [2.75, 3.05) is 5.73 Å². The smallest absolute Gasteiger partial charge is 0.210 e. The SMILES string of the molecule is Cc1[nH]c2ccccc2c1S(=O)(=O)c1cc(Cl)c(N)cc1Cl. The van der Waals surface area contributed by atoms with Gasteiger partial charge in [-0.2, -0.15) is 0 Å². The van der Waals surface area contributed by atoms with Gasteiger partial charge in [-0.15, -0.1) is 0 Å². The molecule has 0 bridgehead atoms. The van der Waals surface area contributed by atoms with Gasteiger partial charge in [0.25, 0.3) is 0 Å². The van der Waals surface area contributed by atoms with Crippen molar-refractivity contribution in [1.29, 1.82) is 0 Å². The fourth-order valence-corrected chi connectivity index (χ4v) is 4.89. The van der Waals surface area contributed by atoms with Gasteiger partial charge >= 0.3 is 0 Å². The van der Waals surface area contributed by atoms with Crippen LogP contribution in [0.1, 0.15) is 5.69 Å². The van der Waals surface area contributed by atoms with Gasteiger partial charge < -0.3 is 10.7 Å². The van der Waals surface area contributed by atoms with Gasteiger partial charge in [-0.3, -0.25) is 0 Å². The summed E-state index contributed by atoms with van der Waals surface area (Å²) in [5.74, 6) is 0. The fourth-order valence-electron chi connectivity index (χ4n) is 2.46. The van der Waals surface area contributed by atoms with Crippen molar-refractivity contribution in [2.24, 2.45) is 0 Å². The van der Waals surface area contributed by atoms with Gasteiger partial charge in [0.05, 0.1) is 25.5 Å². The van der Waals surface area contributed by atoms with Crippen LogP contribution >= 0.6 is 23.2 Å². The van der Waals surface area contributed by atoms with E-state index in [0.29, 0.717) is 11.1 Å². The van der Waals surface area contributed by atoms with Crippen molar-refractivity contribution < 1.29 is 8.42 Å². The van der Waals surface area contributed by atoms with Crippen molar-refractivity contribution in [3.63, 3.8) is 0 Å². The minimum Gasteiger partial charge on any atom is -0.397 e. The molecule has 3 rings (SSSR count). The first-order valence-corrected chi connectivity index (χ1v) is 8.63. The predicted octanol–water partition coefficient (Wildman–Crippen LogP) is 4.20. The summed E-state index contributed by atoms with van der Waals surface area (Å²) in [5, 5.41) is 0.816. The number of para-hydroxylation sites is 1. The summed E-state index contributed by atoms with van der Waals surface area (Å²) in [5.41, 5.74) is 7.18. The van der Waals surface area contributed by atoms with Gasteiger partial charge in [0.2, 0.25) is 9.84 Å². The molecule has 3 N–H and O–H groups in total. The number of aromatic amines is 1. The van der Waals surface area contributed by atoms with Crippen LogP contribution in [0.25, 0.3) is 10.9 Å². The van der Waals surface area contributed by atoms with Crippen LogP contribution in [0, 0.1) is 6.92 Å². The number of sulfone groups is 1. The second-order valence-corrected chi connectivity index (χ2v) is 7.60. The van der Waals surface area contributed by atoms with Crippen LogP contribution in [0.3, 0.4) is 0 Å². The highest BCUT2D eigenvalue weighted by Gasteiger charge is 2.27. The molecule has 0 unspecified atom stereocenters. The fraction of sp³-hybridized carbons (Fsp3) is 0.0667. The first-order chi connectivity index (χ1) is 10.3. The van der Waals surface area contributed by atoms with E-state index in [4.69, 9.17) is 28.9 Å². The Hall–Kier alpha value is -1.69. The van der Waals surface area contributed by atoms with Crippen LogP contribution in [-0.2, 0) is 9.84 Å². The summed E-state index contributed by atoms with van der Waals surface area (Å²) in [6.45, 7) is 1.71. The van der Waals surface area contributed by atoms with Crippen molar-refractivity contribution in [3.8, 4) is 0 Å². The normalized spacial score (nSPS) is 12.0. The van der Waals surface area contributed by atoms with E-state index in [2.05, 4.69) is 4.98 Å². The Morgan fingerprint density at radius 2 is 1.77 bits per heavy atom. The molecule has 0 aliphatic heterocycles. The molecule has 3 aromatic rings. The molecule has 0 saturated carbocycles. The molecule has 114 valence electrons. The zero-order valence-electron chi connectivity index (χ0n) is 11.5. The number of hydrogen-bond donors (Lipinski definition) is 2. The first-order valence-electron chi connectivity index (χ1n) is 6.39. The molecule has 4 nitrogen and oxygen atoms in total. The summed E-state index contributed by atoms with van der Waals surface area (Å²) < 4.78 is 26.0. The molecule has 0 amide bonds. The average molecular weight is 355 g/mol. The van der Waals surface area contributed by atoms with Crippen molar-refractivity contribution >= 4 is 49.6 Å². The van der Waals surface area contributed by atoms with Crippen LogP contribution < -0.4 is 5.73 Å². The molecular weight excluding hydrogens is 343 g/mol. The lowest BCUT2D eigenvalue weighted by molar-refractivity contribution is 0.596. The molecule has 22 heavy (non-hydrogen) atoms. The van der Waals surface area contributed by atoms with E-state index in [1.807, 2.05) is 12.1 Å². The summed E-state index contributed by atoms with van der Waals surface area (Å²) in [4.78, 5) is 3.21. The Labute approximate surface area is 137 Å². The van der Waals surface area contributed by atoms with Crippen LogP contribution in [0.4, 0.5) is 5.69 Å². The maximum absolute atomic E-state index is 13.0. The highest BCUT2D eigenvalue weighted by atomic mass is 35.5. The standard InChI is InChI=1S/C15H12Cl2N2O2S/c1-8-15(9-4-2-3-5-13(9)19-8)22(20,21)14-7-10(16)12(18)6-11(14)17/h2-7,19H,18H2,1H3. The third-order valence-corrected chi connectivity index (χ3v) is 6.18. The van der Waals surface area contributed by atoms with Crippen LogP contribution in [0.15, 0.2) is 46.2 Å². The summed E-state index contributed by atoms with van der Waals surface area (Å²) in [6, 6.07) is 9.82. The van der Waals surface area contributed by atoms with Crippen LogP contribution in [0.2, 0.25) is 10.0 Å². The van der Waals surface area contributed by atoms with Gasteiger partial charge in [0, 0.05) is 16.6 Å². The quantitative estimate of drug-likeness (QED) is 0.677. The van der Waals surface area contributed by atoms with Crippen molar-refractivity contribution in [2.45, 2.75) is 16.7 Å². The Morgan fingerprint density at radius 3 is 2.50 bits per heavy atom. The van der Waals surface area contributed by atoms with Gasteiger partial charge in [0.15, 0.2) is 0 Å². The molecule has 1 aromatic heterocycles. The lowest BCUT2D eigenvalue weighted by Crippen LogP contribution is -2.05. The molecule has 0 aliphatic rings. The average Bonchev–Trinajstić information content (AvgIpc) is 2.79. The molecule has 0 fully saturated rings. The Bertz CT molecular complexity index is 994. The van der Waals surface area contributed by atoms with E-state index >= 15 is 0 Å². The minimum absolute atomic E-state index is 0.0478. The number of halogens is 2. The first kappa shape index (κ1) is 15.2. The molecule has 7 heteroatoms. The molecule has 0 spiro atoms. The molecule has 1 heterocycles. The van der Waals surface area contributed by atoms with Gasteiger partial charge in [-0.05, 0) is 25.1 Å². The lowest BCUT2D eigenvalue weighted by atomic mass is 10.2. The number of fused-ring (bicyclic) bond motifs is 1. The number of anilines is 1. The number of nitrogens with two attached hydrogens (primary N) is 1. The summed E-state index contributed by atoms with van der Waals surface area (Å²) in [6.07, 6.45) is 0. The van der Waals surface area contributed by atoms with E-state index in [9.17, 15) is 8.42 Å². The number of aryl methyl sites for hydroxylation is 1. The molecule has 0 atom stereocenters. The van der Waals surface area contributed by atoms with E-state index in [1.54, 1.807) is 19.1 Å². The van der Waals surface area contributed by atoms with Crippen molar-refractivity contribution in [3.05, 3.63) is 52.1 Å². The van der Waals surface area contributed by atoms with Gasteiger partial charge in [-0.1, -0.05) is 41.4 Å². The maximum Gasteiger partial charge on any atom is 0.210 e. The van der Waals surface area contributed by atoms with E-state index < -0.39 is 9.84 Å². The van der Waals surface area contributed by atoms with Crippen LogP contribution in [0.5, 0.6) is 0 Å². The number of nitrogen functional groups attached to an aromatic ring is 1. The topological polar surface area (TPSA) is 76.0 Å². The minimum atomic E-state index is -3.83. The van der Waals surface area contributed by atoms with Crippen molar-refractivity contribution in [1.82, 2.24) is 4.98 Å². The van der Waals surface area contributed by atoms with E-state index in [0.717, 1.165) is 5.52 Å². The second kappa shape index (κ2) is 5.19. The third kappa shape index (κ3) is 2.26. The number of nitrogens with one attached hydrogen (secondary N) is 1. The number of rotatable bonds is 2. The zero-order valence-corrected chi connectivity index (χ0v) is 13.9. The highest BCUT2D eigenvalue weighted by molar-refractivity contribution is 7.92. The molecule has 0 saturated heterocycles. The van der Waals surface area contributed by atoms with Gasteiger partial charge in [-0.25, -0.2) is 8.42 Å². The highest BCUT2D eigenvalue weighted by Crippen LogP contribution is 2.37. The second-order valence-electron chi connectivity index (χ2n) is 4.93. The Kier molecular flexibility index (Phi) is 3.59. The maximum atomic E-state index is 13.0. The number of hydrogen-bond acceptors (Lipinski definition) is 3. The zero-order chi connectivity index (χ0) is 16.1. The predicted molar refractivity (Wildman–Crippen MR) is 89.4 cm³/mol. The number of benzene rings is 2. The number of H-pyrrole nitrogens is 1. The monoisotopic (exact) mass is 354 g/mol. The van der Waals surface area contributed by atoms with E-state index in [-0.39, 0.29) is 25.5 Å². The Balaban J connectivity index is 2.34. The number of aromatic nitrogens is 1. The summed E-state index contributed by atoms with van der Waals surface area (Å²) >= 11 is 12.0. The van der Waals surface area contributed by atoms with Crippen LogP contribution in [-0.4, -0.2) is 13.4 Å².